The molecule has 0 fully saturated rings. The van der Waals surface area contributed by atoms with Crippen LogP contribution in [0.5, 0.6) is 11.5 Å². The highest BCUT2D eigenvalue weighted by Gasteiger charge is 2.07. The van der Waals surface area contributed by atoms with Crippen molar-refractivity contribution in [2.45, 2.75) is 13.8 Å². The molecule has 120 valence electrons. The van der Waals surface area contributed by atoms with Crippen molar-refractivity contribution in [1.29, 1.82) is 5.26 Å². The lowest BCUT2D eigenvalue weighted by Crippen LogP contribution is -1.99. The molecule has 2 aromatic rings. The Balaban J connectivity index is 2.36. The summed E-state index contributed by atoms with van der Waals surface area (Å²) < 4.78 is 11.1. The Morgan fingerprint density at radius 3 is 2.50 bits per heavy atom. The van der Waals surface area contributed by atoms with Crippen LogP contribution in [0.2, 0.25) is 0 Å². The first-order chi connectivity index (χ1) is 11.7. The van der Waals surface area contributed by atoms with Crippen LogP contribution in [0.3, 0.4) is 0 Å². The Bertz CT molecular complexity index is 805. The van der Waals surface area contributed by atoms with Gasteiger partial charge in [-0.05, 0) is 43.2 Å². The van der Waals surface area contributed by atoms with Gasteiger partial charge < -0.3 is 9.47 Å². The first-order valence-corrected chi connectivity index (χ1v) is 7.70. The lowest BCUT2D eigenvalue weighted by Gasteiger charge is -2.11. The predicted octanol–water partition coefficient (Wildman–Crippen LogP) is 4.47. The van der Waals surface area contributed by atoms with E-state index < -0.39 is 0 Å². The molecule has 0 saturated heterocycles. The first-order valence-electron chi connectivity index (χ1n) is 7.70. The summed E-state index contributed by atoms with van der Waals surface area (Å²) in [4.78, 5) is 0. The number of ether oxygens (including phenoxy) is 2. The van der Waals surface area contributed by atoms with Gasteiger partial charge in [0.05, 0.1) is 18.2 Å². The largest absolute Gasteiger partial charge is 0.490 e. The van der Waals surface area contributed by atoms with Crippen molar-refractivity contribution < 1.29 is 9.47 Å². The Morgan fingerprint density at radius 1 is 1.12 bits per heavy atom. The number of benzene rings is 2. The van der Waals surface area contributed by atoms with Crippen molar-refractivity contribution in [3.8, 4) is 29.9 Å². The number of terminal acetylenes is 1. The fourth-order valence-corrected chi connectivity index (χ4v) is 2.20. The van der Waals surface area contributed by atoms with Gasteiger partial charge in [0.2, 0.25) is 0 Å². The molecule has 0 aliphatic carbocycles. The molecule has 0 bridgehead atoms. The lowest BCUT2D eigenvalue weighted by atomic mass is 10.0. The molecule has 0 aliphatic heterocycles. The minimum atomic E-state index is 0.183. The molecule has 0 N–H and O–H groups in total. The highest BCUT2D eigenvalue weighted by Crippen LogP contribution is 2.30. The maximum absolute atomic E-state index is 9.46. The van der Waals surface area contributed by atoms with Gasteiger partial charge in [0, 0.05) is 0 Å². The second-order valence-corrected chi connectivity index (χ2v) is 5.17. The minimum absolute atomic E-state index is 0.183. The summed E-state index contributed by atoms with van der Waals surface area (Å²) in [6.45, 7) is 4.62. The average molecular weight is 317 g/mol. The van der Waals surface area contributed by atoms with Gasteiger partial charge in [-0.25, -0.2) is 0 Å². The molecule has 0 aromatic heterocycles. The van der Waals surface area contributed by atoms with E-state index in [0.29, 0.717) is 23.7 Å². The van der Waals surface area contributed by atoms with Crippen LogP contribution in [0.1, 0.15) is 23.6 Å². The Kier molecular flexibility index (Phi) is 6.06. The van der Waals surface area contributed by atoms with Crippen LogP contribution in [0.15, 0.2) is 42.5 Å². The van der Waals surface area contributed by atoms with Crippen LogP contribution < -0.4 is 9.47 Å². The summed E-state index contributed by atoms with van der Waals surface area (Å²) in [5, 5.41) is 9.46. The van der Waals surface area contributed by atoms with Crippen molar-refractivity contribution in [3.63, 3.8) is 0 Å². The maximum Gasteiger partial charge on any atom is 0.162 e. The molecule has 0 atom stereocenters. The van der Waals surface area contributed by atoms with Gasteiger partial charge in [-0.2, -0.15) is 5.26 Å². The predicted molar refractivity (Wildman–Crippen MR) is 96.6 cm³/mol. The summed E-state index contributed by atoms with van der Waals surface area (Å²) in [6.07, 6.45) is 7.06. The quantitative estimate of drug-likeness (QED) is 0.448. The highest BCUT2D eigenvalue weighted by molar-refractivity contribution is 5.89. The van der Waals surface area contributed by atoms with Crippen LogP contribution in [0.25, 0.3) is 11.6 Å². The fraction of sp³-hybridized carbons (Fsp3) is 0.190. The van der Waals surface area contributed by atoms with Crippen molar-refractivity contribution in [3.05, 3.63) is 59.2 Å². The molecule has 0 spiro atoms. The Hall–Kier alpha value is -3.17. The molecule has 24 heavy (non-hydrogen) atoms. The van der Waals surface area contributed by atoms with E-state index in [1.165, 1.54) is 0 Å². The van der Waals surface area contributed by atoms with Crippen molar-refractivity contribution in [2.75, 3.05) is 13.2 Å². The molecular formula is C21H19NO2. The van der Waals surface area contributed by atoms with E-state index in [1.54, 1.807) is 6.07 Å². The fourth-order valence-electron chi connectivity index (χ4n) is 2.20. The molecular weight excluding hydrogens is 298 g/mol. The molecule has 3 heteroatoms. The van der Waals surface area contributed by atoms with Crippen LogP contribution in [0, 0.1) is 30.6 Å². The van der Waals surface area contributed by atoms with Crippen LogP contribution >= 0.6 is 0 Å². The average Bonchev–Trinajstić information content (AvgIpc) is 2.60. The summed E-state index contributed by atoms with van der Waals surface area (Å²) in [5.41, 5.74) is 3.50. The number of aryl methyl sites for hydroxylation is 1. The Labute approximate surface area is 143 Å². The van der Waals surface area contributed by atoms with Gasteiger partial charge in [0.1, 0.15) is 6.61 Å². The number of rotatable bonds is 6. The SMILES string of the molecule is C#CCOc1ccc(/C=C(/C#N)c2ccc(C)cc2)cc1OCC. The molecule has 0 amide bonds. The normalized spacial score (nSPS) is 10.6. The molecule has 0 heterocycles. The zero-order valence-electron chi connectivity index (χ0n) is 13.9. The second kappa shape index (κ2) is 8.46. The molecule has 2 rings (SSSR count). The zero-order chi connectivity index (χ0) is 17.4. The van der Waals surface area contributed by atoms with E-state index in [1.807, 2.05) is 56.3 Å². The third-order valence-corrected chi connectivity index (χ3v) is 3.37. The molecule has 0 radical (unpaired) electrons. The van der Waals surface area contributed by atoms with Gasteiger partial charge in [0.25, 0.3) is 0 Å². The number of hydrogen-bond donors (Lipinski definition) is 0. The van der Waals surface area contributed by atoms with Gasteiger partial charge in [-0.15, -0.1) is 6.42 Å². The van der Waals surface area contributed by atoms with E-state index in [4.69, 9.17) is 15.9 Å². The van der Waals surface area contributed by atoms with Crippen LogP contribution in [-0.2, 0) is 0 Å². The van der Waals surface area contributed by atoms with Crippen molar-refractivity contribution >= 4 is 11.6 Å². The molecule has 0 unspecified atom stereocenters. The smallest absolute Gasteiger partial charge is 0.162 e. The third-order valence-electron chi connectivity index (χ3n) is 3.37. The minimum Gasteiger partial charge on any atom is -0.490 e. The molecule has 2 aromatic carbocycles. The second-order valence-electron chi connectivity index (χ2n) is 5.17. The van der Waals surface area contributed by atoms with Gasteiger partial charge in [-0.3, -0.25) is 0 Å². The topological polar surface area (TPSA) is 42.2 Å². The van der Waals surface area contributed by atoms with Gasteiger partial charge >= 0.3 is 0 Å². The van der Waals surface area contributed by atoms with Crippen LogP contribution in [0.4, 0.5) is 0 Å². The highest BCUT2D eigenvalue weighted by atomic mass is 16.5. The monoisotopic (exact) mass is 317 g/mol. The summed E-state index contributed by atoms with van der Waals surface area (Å²) in [6, 6.07) is 15.6. The zero-order valence-corrected chi connectivity index (χ0v) is 13.9. The summed E-state index contributed by atoms with van der Waals surface area (Å²) >= 11 is 0. The summed E-state index contributed by atoms with van der Waals surface area (Å²) in [5.74, 6) is 3.65. The first kappa shape index (κ1) is 17.2. The number of hydrogen-bond acceptors (Lipinski definition) is 3. The number of allylic oxidation sites excluding steroid dienone is 1. The third kappa shape index (κ3) is 4.41. The van der Waals surface area contributed by atoms with E-state index in [-0.39, 0.29) is 6.61 Å². The van der Waals surface area contributed by atoms with E-state index in [2.05, 4.69) is 12.0 Å². The molecule has 0 saturated carbocycles. The Morgan fingerprint density at radius 2 is 1.88 bits per heavy atom. The lowest BCUT2D eigenvalue weighted by molar-refractivity contribution is 0.299. The maximum atomic E-state index is 9.46. The molecule has 0 aliphatic rings. The summed E-state index contributed by atoms with van der Waals surface area (Å²) in [7, 11) is 0. The van der Waals surface area contributed by atoms with Crippen molar-refractivity contribution in [1.82, 2.24) is 0 Å². The van der Waals surface area contributed by atoms with E-state index in [9.17, 15) is 5.26 Å². The van der Waals surface area contributed by atoms with E-state index >= 15 is 0 Å². The van der Waals surface area contributed by atoms with Crippen LogP contribution in [-0.4, -0.2) is 13.2 Å². The standard InChI is InChI=1S/C21H19NO2/c1-4-12-24-20-11-8-17(14-21(20)23-5-2)13-19(15-22)18-9-6-16(3)7-10-18/h1,6-11,13-14H,5,12H2,2-3H3/b19-13-. The number of nitrogens with zero attached hydrogens (tertiary/aromatic N) is 1. The van der Waals surface area contributed by atoms with E-state index in [0.717, 1.165) is 16.7 Å². The van der Waals surface area contributed by atoms with Gasteiger partial charge in [0.15, 0.2) is 11.5 Å². The number of nitriles is 1. The van der Waals surface area contributed by atoms with Gasteiger partial charge in [-0.1, -0.05) is 41.8 Å². The van der Waals surface area contributed by atoms with Crippen molar-refractivity contribution in [2.24, 2.45) is 0 Å². The molecule has 3 nitrogen and oxygen atoms in total.